The Bertz CT molecular complexity index is 963. The molecule has 0 heterocycles. The topological polar surface area (TPSA) is 114 Å². The highest BCUT2D eigenvalue weighted by Gasteiger charge is 2.28. The number of rotatable bonds is 14. The van der Waals surface area contributed by atoms with Gasteiger partial charge in [0.2, 0.25) is 5.91 Å². The number of hydrogen-bond acceptors (Lipinski definition) is 5. The molecule has 188 valence electrons. The van der Waals surface area contributed by atoms with E-state index in [-0.39, 0.29) is 31.4 Å². The maximum Gasteiger partial charge on any atom is 0.407 e. The summed E-state index contributed by atoms with van der Waals surface area (Å²) in [5, 5.41) is 14.4. The molecule has 0 radical (unpaired) electrons. The van der Waals surface area contributed by atoms with Gasteiger partial charge in [0.1, 0.15) is 6.61 Å². The third-order valence-corrected chi connectivity index (χ3v) is 6.03. The molecule has 1 unspecified atom stereocenters. The molecule has 1 aliphatic carbocycles. The molecule has 3 rings (SSSR count). The highest BCUT2D eigenvalue weighted by molar-refractivity contribution is 5.79. The first kappa shape index (κ1) is 26.2. The molecule has 2 aromatic rings. The molecule has 35 heavy (non-hydrogen) atoms. The number of fused-ring (bicyclic) bond motifs is 3. The van der Waals surface area contributed by atoms with Gasteiger partial charge in [-0.25, -0.2) is 4.79 Å². The molecule has 0 fully saturated rings. The third kappa shape index (κ3) is 7.82. The van der Waals surface area contributed by atoms with E-state index in [0.717, 1.165) is 12.8 Å². The summed E-state index contributed by atoms with van der Waals surface area (Å²) in [7, 11) is 0. The van der Waals surface area contributed by atoms with Gasteiger partial charge in [0.25, 0.3) is 0 Å². The molecule has 8 heteroatoms. The number of aliphatic carboxylic acids is 1. The van der Waals surface area contributed by atoms with Gasteiger partial charge in [-0.15, -0.1) is 0 Å². The first-order chi connectivity index (χ1) is 17.0. The van der Waals surface area contributed by atoms with Gasteiger partial charge in [0.15, 0.2) is 0 Å². The van der Waals surface area contributed by atoms with Crippen molar-refractivity contribution in [2.24, 2.45) is 0 Å². The summed E-state index contributed by atoms with van der Waals surface area (Å²) in [6.07, 6.45) is 1.43. The van der Waals surface area contributed by atoms with Crippen molar-refractivity contribution in [2.45, 2.75) is 51.0 Å². The fourth-order valence-corrected chi connectivity index (χ4v) is 4.36. The molecule has 0 aromatic heterocycles. The van der Waals surface area contributed by atoms with Crippen molar-refractivity contribution in [3.8, 4) is 11.1 Å². The zero-order chi connectivity index (χ0) is 25.0. The zero-order valence-electron chi connectivity index (χ0n) is 20.1. The maximum absolute atomic E-state index is 12.2. The lowest BCUT2D eigenvalue weighted by molar-refractivity contribution is -0.140. The molecule has 8 nitrogen and oxygen atoms in total. The van der Waals surface area contributed by atoms with Crippen LogP contribution in [-0.2, 0) is 19.1 Å². The van der Waals surface area contributed by atoms with Gasteiger partial charge in [-0.05, 0) is 42.0 Å². The molecule has 2 amide bonds. The van der Waals surface area contributed by atoms with Crippen LogP contribution in [0.15, 0.2) is 48.5 Å². The van der Waals surface area contributed by atoms with Crippen molar-refractivity contribution in [1.29, 1.82) is 0 Å². The molecular weight excluding hydrogens is 448 g/mol. The number of carbonyl (C=O) groups is 3. The molecule has 0 aliphatic heterocycles. The molecule has 1 atom stereocenters. The van der Waals surface area contributed by atoms with E-state index >= 15 is 0 Å². The smallest absolute Gasteiger partial charge is 0.407 e. The van der Waals surface area contributed by atoms with Gasteiger partial charge in [0.05, 0.1) is 12.5 Å². The Morgan fingerprint density at radius 2 is 1.60 bits per heavy atom. The second-order valence-corrected chi connectivity index (χ2v) is 8.54. The summed E-state index contributed by atoms with van der Waals surface area (Å²) >= 11 is 0. The lowest BCUT2D eigenvalue weighted by atomic mass is 9.98. The van der Waals surface area contributed by atoms with Crippen molar-refractivity contribution in [2.75, 3.05) is 26.3 Å². The van der Waals surface area contributed by atoms with Crippen LogP contribution in [0, 0.1) is 0 Å². The second kappa shape index (κ2) is 13.5. The van der Waals surface area contributed by atoms with Crippen LogP contribution >= 0.6 is 0 Å². The quantitative estimate of drug-likeness (QED) is 0.350. The van der Waals surface area contributed by atoms with Gasteiger partial charge >= 0.3 is 12.1 Å². The van der Waals surface area contributed by atoms with E-state index in [0.29, 0.717) is 26.0 Å². The molecular formula is C27H34N2O6. The third-order valence-electron chi connectivity index (χ3n) is 6.03. The van der Waals surface area contributed by atoms with E-state index < -0.39 is 18.2 Å². The Kier molecular flexibility index (Phi) is 10.1. The molecule has 0 bridgehead atoms. The van der Waals surface area contributed by atoms with E-state index in [1.807, 2.05) is 24.3 Å². The lowest BCUT2D eigenvalue weighted by Gasteiger charge is -2.15. The molecule has 0 spiro atoms. The Hall–Kier alpha value is -3.39. The lowest BCUT2D eigenvalue weighted by Crippen LogP contribution is -2.35. The second-order valence-electron chi connectivity index (χ2n) is 8.54. The van der Waals surface area contributed by atoms with Crippen molar-refractivity contribution in [1.82, 2.24) is 10.6 Å². The Balaban J connectivity index is 1.29. The highest BCUT2D eigenvalue weighted by Crippen LogP contribution is 2.44. The van der Waals surface area contributed by atoms with Gasteiger partial charge in [-0.1, -0.05) is 55.0 Å². The SMILES string of the molecule is CCOC(CNC(=O)CCCCCNC(=O)OCC1c2ccccc2-c2ccccc21)CC(=O)O. The molecule has 2 aromatic carbocycles. The maximum atomic E-state index is 12.2. The van der Waals surface area contributed by atoms with Crippen LogP contribution < -0.4 is 10.6 Å². The zero-order valence-corrected chi connectivity index (χ0v) is 20.1. The first-order valence-electron chi connectivity index (χ1n) is 12.2. The summed E-state index contributed by atoms with van der Waals surface area (Å²) in [4.78, 5) is 35.0. The average molecular weight is 483 g/mol. The number of carbonyl (C=O) groups excluding carboxylic acids is 2. The Morgan fingerprint density at radius 3 is 2.23 bits per heavy atom. The van der Waals surface area contributed by atoms with Gasteiger partial charge < -0.3 is 25.2 Å². The van der Waals surface area contributed by atoms with Crippen LogP contribution in [0.4, 0.5) is 4.79 Å². The normalized spacial score (nSPS) is 12.9. The molecule has 3 N–H and O–H groups in total. The van der Waals surface area contributed by atoms with E-state index in [1.54, 1.807) is 6.92 Å². The molecule has 0 saturated carbocycles. The summed E-state index contributed by atoms with van der Waals surface area (Å²) < 4.78 is 10.8. The number of nitrogens with one attached hydrogen (secondary N) is 2. The number of ether oxygens (including phenoxy) is 2. The summed E-state index contributed by atoms with van der Waals surface area (Å²) in [6.45, 7) is 3.12. The fourth-order valence-electron chi connectivity index (χ4n) is 4.36. The van der Waals surface area contributed by atoms with Crippen LogP contribution in [-0.4, -0.2) is 55.5 Å². The first-order valence-corrected chi connectivity index (χ1v) is 12.2. The number of carboxylic acids is 1. The highest BCUT2D eigenvalue weighted by atomic mass is 16.5. The number of unbranched alkanes of at least 4 members (excludes halogenated alkanes) is 2. The summed E-state index contributed by atoms with van der Waals surface area (Å²) in [5.74, 6) is -1.06. The van der Waals surface area contributed by atoms with Gasteiger partial charge in [-0.2, -0.15) is 0 Å². The molecule has 1 aliphatic rings. The van der Waals surface area contributed by atoms with Crippen molar-refractivity contribution >= 4 is 18.0 Å². The van der Waals surface area contributed by atoms with Crippen molar-refractivity contribution in [3.05, 3.63) is 59.7 Å². The Labute approximate surface area is 206 Å². The van der Waals surface area contributed by atoms with Crippen LogP contribution in [0.3, 0.4) is 0 Å². The van der Waals surface area contributed by atoms with E-state index in [1.165, 1.54) is 22.3 Å². The predicted molar refractivity (Wildman–Crippen MR) is 132 cm³/mol. The number of hydrogen-bond donors (Lipinski definition) is 3. The van der Waals surface area contributed by atoms with Crippen LogP contribution in [0.2, 0.25) is 0 Å². The van der Waals surface area contributed by atoms with E-state index in [4.69, 9.17) is 14.6 Å². The van der Waals surface area contributed by atoms with Gasteiger partial charge in [-0.3, -0.25) is 9.59 Å². The number of amides is 2. The summed E-state index contributed by atoms with van der Waals surface area (Å²) in [5.41, 5.74) is 4.73. The van der Waals surface area contributed by atoms with Crippen LogP contribution in [0.1, 0.15) is 56.1 Å². The number of alkyl carbamates (subject to hydrolysis) is 1. The minimum absolute atomic E-state index is 0.0319. The predicted octanol–water partition coefficient (Wildman–Crippen LogP) is 4.08. The Morgan fingerprint density at radius 1 is 0.943 bits per heavy atom. The standard InChI is InChI=1S/C27H34N2O6/c1-2-34-19(16-26(31)32)17-29-25(30)14-4-3-9-15-28-27(33)35-18-24-22-12-7-5-10-20(22)21-11-6-8-13-23(21)24/h5-8,10-13,19,24H,2-4,9,14-18H2,1H3,(H,28,33)(H,29,30)(H,31,32). The number of carboxylic acid groups (broad SMARTS) is 1. The minimum atomic E-state index is -0.957. The van der Waals surface area contributed by atoms with E-state index in [2.05, 4.69) is 34.9 Å². The average Bonchev–Trinajstić information content (AvgIpc) is 3.17. The van der Waals surface area contributed by atoms with Crippen LogP contribution in [0.5, 0.6) is 0 Å². The van der Waals surface area contributed by atoms with Crippen molar-refractivity contribution < 1.29 is 29.0 Å². The van der Waals surface area contributed by atoms with Crippen molar-refractivity contribution in [3.63, 3.8) is 0 Å². The summed E-state index contributed by atoms with van der Waals surface area (Å²) in [6, 6.07) is 16.4. The van der Waals surface area contributed by atoms with Crippen LogP contribution in [0.25, 0.3) is 11.1 Å². The number of benzene rings is 2. The van der Waals surface area contributed by atoms with E-state index in [9.17, 15) is 14.4 Å². The van der Waals surface area contributed by atoms with Gasteiger partial charge in [0, 0.05) is 32.0 Å². The minimum Gasteiger partial charge on any atom is -0.481 e. The fraction of sp³-hybridized carbons (Fsp3) is 0.444. The monoisotopic (exact) mass is 482 g/mol. The largest absolute Gasteiger partial charge is 0.481 e. The molecule has 0 saturated heterocycles.